The van der Waals surface area contributed by atoms with E-state index in [0.717, 1.165) is 37.2 Å². The van der Waals surface area contributed by atoms with E-state index in [1.165, 1.54) is 0 Å². The number of nitrogens with one attached hydrogen (secondary N) is 2. The summed E-state index contributed by atoms with van der Waals surface area (Å²) in [7, 11) is 1.55. The number of carboxylic acids is 1. The Kier molecular flexibility index (Phi) is 12.4. The van der Waals surface area contributed by atoms with E-state index < -0.39 is 5.97 Å². The van der Waals surface area contributed by atoms with Crippen LogP contribution in [0, 0.1) is 5.41 Å². The first-order valence-electron chi connectivity index (χ1n) is 15.0. The Hall–Kier alpha value is -3.80. The van der Waals surface area contributed by atoms with Crippen molar-refractivity contribution in [2.24, 2.45) is 0 Å². The van der Waals surface area contributed by atoms with Gasteiger partial charge in [0.1, 0.15) is 11.6 Å². The lowest BCUT2D eigenvalue weighted by Crippen LogP contribution is -2.30. The molecule has 11 nitrogen and oxygen atoms in total. The number of ether oxygens (including phenoxy) is 3. The maximum atomic E-state index is 13.8. The summed E-state index contributed by atoms with van der Waals surface area (Å²) < 4.78 is 18.1. The van der Waals surface area contributed by atoms with Gasteiger partial charge in [0.05, 0.1) is 37.1 Å². The smallest absolute Gasteiger partial charge is 0.303 e. The minimum atomic E-state index is -0.833. The molecule has 44 heavy (non-hydrogen) atoms. The van der Waals surface area contributed by atoms with E-state index >= 15 is 0 Å². The van der Waals surface area contributed by atoms with E-state index in [9.17, 15) is 14.4 Å². The number of amidine groups is 1. The van der Waals surface area contributed by atoms with Crippen LogP contribution in [0.15, 0.2) is 24.3 Å². The molecule has 1 amide bonds. The van der Waals surface area contributed by atoms with Crippen molar-refractivity contribution in [2.75, 3.05) is 44.8 Å². The summed E-state index contributed by atoms with van der Waals surface area (Å²) >= 11 is 0. The Morgan fingerprint density at radius 1 is 1.05 bits per heavy atom. The number of carbonyl (C=O) groups excluding carboxylic acids is 2. The summed E-state index contributed by atoms with van der Waals surface area (Å²) in [6.45, 7) is 8.37. The minimum absolute atomic E-state index is 0. The average Bonchev–Trinajstić information content (AvgIpc) is 3.60. The van der Waals surface area contributed by atoms with Crippen LogP contribution in [0.4, 0.5) is 5.69 Å². The van der Waals surface area contributed by atoms with Crippen molar-refractivity contribution >= 4 is 46.2 Å². The van der Waals surface area contributed by atoms with Crippen molar-refractivity contribution in [3.05, 3.63) is 46.5 Å². The molecule has 1 fully saturated rings. The fourth-order valence-corrected chi connectivity index (χ4v) is 5.40. The van der Waals surface area contributed by atoms with Crippen molar-refractivity contribution in [3.8, 4) is 17.2 Å². The van der Waals surface area contributed by atoms with Crippen molar-refractivity contribution in [1.82, 2.24) is 10.2 Å². The van der Waals surface area contributed by atoms with Crippen LogP contribution in [0.1, 0.15) is 84.7 Å². The molecule has 0 atom stereocenters. The zero-order valence-corrected chi connectivity index (χ0v) is 27.6. The minimum Gasteiger partial charge on any atom is -0.493 e. The molecule has 0 aromatic heterocycles. The van der Waals surface area contributed by atoms with E-state index in [1.54, 1.807) is 30.1 Å². The van der Waals surface area contributed by atoms with Crippen LogP contribution >= 0.6 is 17.0 Å². The van der Waals surface area contributed by atoms with Crippen molar-refractivity contribution in [2.45, 2.75) is 65.5 Å². The molecule has 4 rings (SSSR count). The molecule has 2 aliphatic heterocycles. The lowest BCUT2D eigenvalue weighted by molar-refractivity contribution is -0.137. The van der Waals surface area contributed by atoms with Crippen LogP contribution in [-0.4, -0.2) is 79.5 Å². The summed E-state index contributed by atoms with van der Waals surface area (Å²) in [5.74, 6) is 0.356. The number of anilines is 1. The van der Waals surface area contributed by atoms with Crippen LogP contribution in [0.5, 0.6) is 17.2 Å². The Bertz CT molecular complexity index is 1370. The Morgan fingerprint density at radius 3 is 2.41 bits per heavy atom. The summed E-state index contributed by atoms with van der Waals surface area (Å²) in [5, 5.41) is 20.4. The Morgan fingerprint density at radius 2 is 1.77 bits per heavy atom. The third-order valence-electron chi connectivity index (χ3n) is 7.44. The van der Waals surface area contributed by atoms with Crippen LogP contribution in [0.2, 0.25) is 0 Å². The van der Waals surface area contributed by atoms with Crippen molar-refractivity contribution in [1.29, 1.82) is 5.41 Å². The predicted molar refractivity (Wildman–Crippen MR) is 174 cm³/mol. The molecule has 0 aliphatic carbocycles. The predicted octanol–water partition coefficient (Wildman–Crippen LogP) is 5.07. The first kappa shape index (κ1) is 34.7. The van der Waals surface area contributed by atoms with Gasteiger partial charge >= 0.3 is 5.97 Å². The molecule has 2 aromatic carbocycles. The number of carbonyl (C=O) groups is 3. The maximum Gasteiger partial charge on any atom is 0.303 e. The third-order valence-corrected chi connectivity index (χ3v) is 7.44. The van der Waals surface area contributed by atoms with E-state index in [1.807, 2.05) is 26.8 Å². The second kappa shape index (κ2) is 15.8. The molecule has 2 aromatic rings. The van der Waals surface area contributed by atoms with Gasteiger partial charge in [0, 0.05) is 44.2 Å². The molecule has 1 saturated heterocycles. The Labute approximate surface area is 269 Å². The topological polar surface area (TPSA) is 141 Å². The lowest BCUT2D eigenvalue weighted by atomic mass is 10.0. The van der Waals surface area contributed by atoms with E-state index in [2.05, 4.69) is 10.2 Å². The SMILES string of the molecule is Br.CCOc1cc2c(cc1C(=O)NC)C(=N)N(CC(=O)c1cc(OC(C)C)c(OCCCCC(=O)O)c(N3CCCC3)c1)C2. The number of ketones is 1. The molecule has 12 heteroatoms. The summed E-state index contributed by atoms with van der Waals surface area (Å²) in [4.78, 5) is 41.0. The van der Waals surface area contributed by atoms with Gasteiger partial charge < -0.3 is 34.4 Å². The number of nitrogens with zero attached hydrogens (tertiary/aromatic N) is 2. The van der Waals surface area contributed by atoms with E-state index in [-0.39, 0.29) is 53.6 Å². The molecule has 2 heterocycles. The quantitative estimate of drug-likeness (QED) is 0.174. The second-order valence-corrected chi connectivity index (χ2v) is 11.0. The van der Waals surface area contributed by atoms with Gasteiger partial charge in [0.15, 0.2) is 17.3 Å². The molecule has 2 aliphatic rings. The van der Waals surface area contributed by atoms with Gasteiger partial charge in [-0.25, -0.2) is 0 Å². The van der Waals surface area contributed by atoms with Gasteiger partial charge in [0.25, 0.3) is 5.91 Å². The highest BCUT2D eigenvalue weighted by molar-refractivity contribution is 8.93. The molecular formula is C32H43BrN4O7. The highest BCUT2D eigenvalue weighted by Crippen LogP contribution is 2.42. The van der Waals surface area contributed by atoms with E-state index in [0.29, 0.717) is 66.5 Å². The molecule has 0 unspecified atom stereocenters. The number of aliphatic carboxylic acids is 1. The number of halogens is 1. The zero-order chi connectivity index (χ0) is 31.1. The molecule has 3 N–H and O–H groups in total. The first-order valence-corrected chi connectivity index (χ1v) is 15.0. The van der Waals surface area contributed by atoms with Gasteiger partial charge in [0.2, 0.25) is 0 Å². The van der Waals surface area contributed by atoms with Crippen LogP contribution in [-0.2, 0) is 11.3 Å². The molecular weight excluding hydrogens is 632 g/mol. The standard InChI is InChI=1S/C32H42N4O7.BrH/c1-5-41-27-16-22-18-36(31(33)23(22)17-24(27)32(40)34-4)19-26(37)21-14-25(35-11-7-8-12-35)30(28(15-21)43-20(2)3)42-13-9-6-10-29(38)39;/h14-17,20,33H,5-13,18-19H2,1-4H3,(H,34,40)(H,38,39);1H. The molecule has 240 valence electrons. The zero-order valence-electron chi connectivity index (χ0n) is 25.9. The second-order valence-electron chi connectivity index (χ2n) is 11.0. The monoisotopic (exact) mass is 674 g/mol. The van der Waals surface area contributed by atoms with Crippen LogP contribution in [0.3, 0.4) is 0 Å². The molecule has 0 bridgehead atoms. The number of carboxylic acid groups (broad SMARTS) is 1. The van der Waals surface area contributed by atoms with Crippen LogP contribution < -0.4 is 24.4 Å². The van der Waals surface area contributed by atoms with Crippen LogP contribution in [0.25, 0.3) is 0 Å². The fraction of sp³-hybridized carbons (Fsp3) is 0.500. The van der Waals surface area contributed by atoms with Gasteiger partial charge in [-0.2, -0.15) is 0 Å². The number of Topliss-reactive ketones (excluding diaryl/α,β-unsaturated/α-hetero) is 1. The number of rotatable bonds is 15. The van der Waals surface area contributed by atoms with Gasteiger partial charge in [-0.05, 0) is 76.3 Å². The van der Waals surface area contributed by atoms with Crippen molar-refractivity contribution < 1.29 is 33.7 Å². The number of hydrogen-bond donors (Lipinski definition) is 3. The highest BCUT2D eigenvalue weighted by atomic mass is 79.9. The maximum absolute atomic E-state index is 13.8. The fourth-order valence-electron chi connectivity index (χ4n) is 5.40. The first-order chi connectivity index (χ1) is 20.6. The molecule has 0 saturated carbocycles. The number of amides is 1. The van der Waals surface area contributed by atoms with Gasteiger partial charge in [-0.1, -0.05) is 0 Å². The van der Waals surface area contributed by atoms with Gasteiger partial charge in [-0.15, -0.1) is 17.0 Å². The van der Waals surface area contributed by atoms with Crippen molar-refractivity contribution in [3.63, 3.8) is 0 Å². The lowest BCUT2D eigenvalue weighted by Gasteiger charge is -2.26. The third kappa shape index (κ3) is 8.22. The van der Waals surface area contributed by atoms with Gasteiger partial charge in [-0.3, -0.25) is 19.8 Å². The normalized spacial score (nSPS) is 13.9. The molecule has 0 radical (unpaired) electrons. The molecule has 0 spiro atoms. The average molecular weight is 676 g/mol. The summed E-state index contributed by atoms with van der Waals surface area (Å²) in [5.41, 5.74) is 3.02. The number of hydrogen-bond acceptors (Lipinski definition) is 8. The Balaban J connectivity index is 0.00000529. The number of benzene rings is 2. The summed E-state index contributed by atoms with van der Waals surface area (Å²) in [6.07, 6.45) is 3.06. The van der Waals surface area contributed by atoms with E-state index in [4.69, 9.17) is 24.7 Å². The largest absolute Gasteiger partial charge is 0.493 e. The highest BCUT2D eigenvalue weighted by Gasteiger charge is 2.30. The number of fused-ring (bicyclic) bond motifs is 1. The number of unbranched alkanes of at least 4 members (excludes halogenated alkanes) is 1. The summed E-state index contributed by atoms with van der Waals surface area (Å²) in [6, 6.07) is 7.00.